The maximum Gasteiger partial charge on any atom is 0.0543 e. The zero-order chi connectivity index (χ0) is 8.85. The maximum absolute atomic E-state index is 5.99. The Morgan fingerprint density at radius 1 is 1.55 bits per heavy atom. The van der Waals surface area contributed by atoms with Gasteiger partial charge in [0, 0.05) is 0 Å². The first-order valence-corrected chi connectivity index (χ1v) is 4.42. The van der Waals surface area contributed by atoms with Gasteiger partial charge in [0.25, 0.3) is 0 Å². The number of hydrogen-bond donors (Lipinski definition) is 0. The topological polar surface area (TPSA) is 0 Å². The van der Waals surface area contributed by atoms with Crippen molar-refractivity contribution in [3.63, 3.8) is 0 Å². The van der Waals surface area contributed by atoms with E-state index in [1.165, 1.54) is 5.57 Å². The van der Waals surface area contributed by atoms with E-state index in [0.717, 1.165) is 18.4 Å². The molecule has 0 saturated carbocycles. The fourth-order valence-corrected chi connectivity index (χ4v) is 0.854. The van der Waals surface area contributed by atoms with Crippen molar-refractivity contribution in [2.24, 2.45) is 0 Å². The smallest absolute Gasteiger partial charge is 0.0543 e. The Labute approximate surface area is 74.9 Å². The maximum atomic E-state index is 5.99. The van der Waals surface area contributed by atoms with Gasteiger partial charge in [0.2, 0.25) is 0 Å². The van der Waals surface area contributed by atoms with Gasteiger partial charge in [-0.3, -0.25) is 0 Å². The Balaban J connectivity index is 3.62. The average molecular weight is 173 g/mol. The second-order valence-corrected chi connectivity index (χ2v) is 3.51. The van der Waals surface area contributed by atoms with Gasteiger partial charge in [0.05, 0.1) is 5.38 Å². The minimum atomic E-state index is 0.143. The summed E-state index contributed by atoms with van der Waals surface area (Å²) in [5, 5.41) is 0.143. The largest absolute Gasteiger partial charge is 0.118 e. The number of hydrogen-bond acceptors (Lipinski definition) is 0. The molecule has 1 atom stereocenters. The highest BCUT2D eigenvalue weighted by atomic mass is 35.5. The van der Waals surface area contributed by atoms with Gasteiger partial charge < -0.3 is 0 Å². The SMILES string of the molecule is C=C(C)C(Cl)CCC(C)=CC. The minimum absolute atomic E-state index is 0.143. The molecular weight excluding hydrogens is 156 g/mol. The van der Waals surface area contributed by atoms with Gasteiger partial charge >= 0.3 is 0 Å². The molecule has 0 spiro atoms. The molecular formula is C10H17Cl. The number of halogens is 1. The van der Waals surface area contributed by atoms with E-state index in [0.29, 0.717) is 0 Å². The van der Waals surface area contributed by atoms with Crippen LogP contribution in [0.15, 0.2) is 23.8 Å². The molecule has 0 aromatic rings. The van der Waals surface area contributed by atoms with E-state index in [4.69, 9.17) is 11.6 Å². The summed E-state index contributed by atoms with van der Waals surface area (Å²) in [6.45, 7) is 9.96. The molecule has 0 fully saturated rings. The highest BCUT2D eigenvalue weighted by Crippen LogP contribution is 2.16. The predicted octanol–water partition coefficient (Wildman–Crippen LogP) is 3.92. The van der Waals surface area contributed by atoms with Crippen molar-refractivity contribution in [2.45, 2.75) is 39.0 Å². The summed E-state index contributed by atoms with van der Waals surface area (Å²) < 4.78 is 0. The summed E-state index contributed by atoms with van der Waals surface area (Å²) in [5.41, 5.74) is 2.47. The lowest BCUT2D eigenvalue weighted by Crippen LogP contribution is -1.98. The normalized spacial score (nSPS) is 14.7. The van der Waals surface area contributed by atoms with E-state index in [9.17, 15) is 0 Å². The van der Waals surface area contributed by atoms with Crippen molar-refractivity contribution in [1.29, 1.82) is 0 Å². The number of alkyl halides is 1. The Hall–Kier alpha value is -0.230. The summed E-state index contributed by atoms with van der Waals surface area (Å²) >= 11 is 5.99. The fourth-order valence-electron chi connectivity index (χ4n) is 0.745. The standard InChI is InChI=1S/C10H17Cl/c1-5-9(4)6-7-10(11)8(2)3/h5,10H,2,6-7H2,1,3-4H3. The van der Waals surface area contributed by atoms with Crippen molar-refractivity contribution in [3.05, 3.63) is 23.8 Å². The van der Waals surface area contributed by atoms with Crippen molar-refractivity contribution in [3.8, 4) is 0 Å². The van der Waals surface area contributed by atoms with Crippen LogP contribution in [-0.4, -0.2) is 5.38 Å². The third-order valence-corrected chi connectivity index (χ3v) is 2.41. The van der Waals surface area contributed by atoms with Crippen LogP contribution in [0.5, 0.6) is 0 Å². The Morgan fingerprint density at radius 3 is 2.45 bits per heavy atom. The van der Waals surface area contributed by atoms with Crippen molar-refractivity contribution >= 4 is 11.6 Å². The second-order valence-electron chi connectivity index (χ2n) is 2.99. The van der Waals surface area contributed by atoms with Crippen LogP contribution in [0, 0.1) is 0 Å². The Bertz CT molecular complexity index is 156. The molecule has 0 bridgehead atoms. The molecule has 0 aliphatic carbocycles. The zero-order valence-electron chi connectivity index (χ0n) is 7.65. The van der Waals surface area contributed by atoms with Crippen LogP contribution in [0.25, 0.3) is 0 Å². The fraction of sp³-hybridized carbons (Fsp3) is 0.600. The van der Waals surface area contributed by atoms with Gasteiger partial charge in [0.1, 0.15) is 0 Å². The lowest BCUT2D eigenvalue weighted by molar-refractivity contribution is 0.811. The van der Waals surface area contributed by atoms with Gasteiger partial charge in [-0.25, -0.2) is 0 Å². The molecule has 0 nitrogen and oxygen atoms in total. The van der Waals surface area contributed by atoms with Gasteiger partial charge in [-0.15, -0.1) is 11.6 Å². The summed E-state index contributed by atoms with van der Waals surface area (Å²) in [4.78, 5) is 0. The summed E-state index contributed by atoms with van der Waals surface area (Å²) in [5.74, 6) is 0. The van der Waals surface area contributed by atoms with E-state index in [-0.39, 0.29) is 5.38 Å². The van der Waals surface area contributed by atoms with Crippen LogP contribution in [-0.2, 0) is 0 Å². The monoisotopic (exact) mass is 172 g/mol. The van der Waals surface area contributed by atoms with Gasteiger partial charge in [-0.05, 0) is 33.6 Å². The Morgan fingerprint density at radius 2 is 2.09 bits per heavy atom. The van der Waals surface area contributed by atoms with Crippen LogP contribution in [0.3, 0.4) is 0 Å². The van der Waals surface area contributed by atoms with E-state index >= 15 is 0 Å². The van der Waals surface area contributed by atoms with Crippen molar-refractivity contribution in [1.82, 2.24) is 0 Å². The van der Waals surface area contributed by atoms with Crippen molar-refractivity contribution < 1.29 is 0 Å². The molecule has 0 aliphatic rings. The van der Waals surface area contributed by atoms with Crippen LogP contribution in [0.2, 0.25) is 0 Å². The Kier molecular flexibility index (Phi) is 5.31. The van der Waals surface area contributed by atoms with E-state index < -0.39 is 0 Å². The molecule has 64 valence electrons. The zero-order valence-corrected chi connectivity index (χ0v) is 8.41. The van der Waals surface area contributed by atoms with E-state index in [1.807, 2.05) is 6.92 Å². The molecule has 0 N–H and O–H groups in total. The average Bonchev–Trinajstić information content (AvgIpc) is 1.99. The van der Waals surface area contributed by atoms with Gasteiger partial charge in [-0.1, -0.05) is 23.8 Å². The number of allylic oxidation sites excluding steroid dienone is 3. The minimum Gasteiger partial charge on any atom is -0.118 e. The van der Waals surface area contributed by atoms with Gasteiger partial charge in [0.15, 0.2) is 0 Å². The van der Waals surface area contributed by atoms with E-state index in [2.05, 4.69) is 26.5 Å². The third-order valence-electron chi connectivity index (χ3n) is 1.82. The van der Waals surface area contributed by atoms with Crippen LogP contribution < -0.4 is 0 Å². The lowest BCUT2D eigenvalue weighted by Gasteiger charge is -2.07. The lowest BCUT2D eigenvalue weighted by atomic mass is 10.1. The molecule has 0 amide bonds. The molecule has 0 saturated heterocycles. The van der Waals surface area contributed by atoms with Crippen LogP contribution >= 0.6 is 11.6 Å². The predicted molar refractivity (Wildman–Crippen MR) is 53.1 cm³/mol. The van der Waals surface area contributed by atoms with Crippen LogP contribution in [0.4, 0.5) is 0 Å². The summed E-state index contributed by atoms with van der Waals surface area (Å²) in [7, 11) is 0. The first kappa shape index (κ1) is 10.8. The van der Waals surface area contributed by atoms with Gasteiger partial charge in [-0.2, -0.15) is 0 Å². The second kappa shape index (κ2) is 5.42. The molecule has 0 radical (unpaired) electrons. The molecule has 0 aliphatic heterocycles. The molecule has 1 heteroatoms. The molecule has 11 heavy (non-hydrogen) atoms. The van der Waals surface area contributed by atoms with Crippen LogP contribution in [0.1, 0.15) is 33.6 Å². The first-order chi connectivity index (χ1) is 5.07. The highest BCUT2D eigenvalue weighted by Gasteiger charge is 2.03. The number of rotatable bonds is 4. The first-order valence-electron chi connectivity index (χ1n) is 3.99. The van der Waals surface area contributed by atoms with Crippen molar-refractivity contribution in [2.75, 3.05) is 0 Å². The third kappa shape index (κ3) is 5.09. The molecule has 0 rings (SSSR count). The molecule has 0 aromatic carbocycles. The molecule has 0 heterocycles. The summed E-state index contributed by atoms with van der Waals surface area (Å²) in [6, 6.07) is 0. The molecule has 0 aromatic heterocycles. The highest BCUT2D eigenvalue weighted by molar-refractivity contribution is 6.22. The summed E-state index contributed by atoms with van der Waals surface area (Å²) in [6.07, 6.45) is 4.21. The quantitative estimate of drug-likeness (QED) is 0.446. The van der Waals surface area contributed by atoms with E-state index in [1.54, 1.807) is 0 Å². The molecule has 1 unspecified atom stereocenters.